The van der Waals surface area contributed by atoms with Crippen molar-refractivity contribution in [1.29, 1.82) is 0 Å². The second-order valence-electron chi connectivity index (χ2n) is 9.11. The second-order valence-corrected chi connectivity index (χ2v) is 9.11. The van der Waals surface area contributed by atoms with E-state index in [2.05, 4.69) is 65.3 Å². The highest BCUT2D eigenvalue weighted by Gasteiger charge is 2.38. The van der Waals surface area contributed by atoms with Gasteiger partial charge >= 0.3 is 0 Å². The van der Waals surface area contributed by atoms with Crippen molar-refractivity contribution in [3.05, 3.63) is 124 Å². The smallest absolute Gasteiger partial charge is 0.270 e. The van der Waals surface area contributed by atoms with Gasteiger partial charge in [0.25, 0.3) is 11.6 Å². The molecule has 6 heteroatoms. The molecule has 0 fully saturated rings. The van der Waals surface area contributed by atoms with Crippen LogP contribution in [0.15, 0.2) is 97.1 Å². The predicted molar refractivity (Wildman–Crippen MR) is 138 cm³/mol. The molecule has 6 rings (SSSR count). The highest BCUT2D eigenvalue weighted by Crippen LogP contribution is 2.51. The van der Waals surface area contributed by atoms with E-state index >= 15 is 0 Å². The Labute approximate surface area is 202 Å². The number of amides is 1. The predicted octanol–water partition coefficient (Wildman–Crippen LogP) is 6.83. The van der Waals surface area contributed by atoms with E-state index in [1.165, 1.54) is 34.5 Å². The summed E-state index contributed by atoms with van der Waals surface area (Å²) in [6.45, 7) is 0. The summed E-state index contributed by atoms with van der Waals surface area (Å²) in [5.74, 6) is 0.321. The van der Waals surface area contributed by atoms with Crippen molar-refractivity contribution in [1.82, 2.24) is 0 Å². The van der Waals surface area contributed by atoms with Crippen LogP contribution in [0.1, 0.15) is 39.9 Å². The molecule has 1 aliphatic heterocycles. The summed E-state index contributed by atoms with van der Waals surface area (Å²) in [4.78, 5) is 23.4. The van der Waals surface area contributed by atoms with Gasteiger partial charge in [-0.25, -0.2) is 0 Å². The van der Waals surface area contributed by atoms with E-state index in [1.54, 1.807) is 6.07 Å². The Morgan fingerprint density at radius 2 is 1.83 bits per heavy atom. The van der Waals surface area contributed by atoms with Gasteiger partial charge in [0.05, 0.1) is 11.0 Å². The molecule has 6 nitrogen and oxygen atoms in total. The maximum Gasteiger partial charge on any atom is 0.270 e. The maximum absolute atomic E-state index is 12.8. The van der Waals surface area contributed by atoms with Crippen molar-refractivity contribution in [2.75, 3.05) is 10.6 Å². The minimum atomic E-state index is -0.501. The first-order chi connectivity index (χ1) is 17.1. The van der Waals surface area contributed by atoms with Crippen molar-refractivity contribution in [2.24, 2.45) is 5.92 Å². The lowest BCUT2D eigenvalue weighted by atomic mass is 9.75. The minimum absolute atomic E-state index is 0.0957. The van der Waals surface area contributed by atoms with Gasteiger partial charge < -0.3 is 10.6 Å². The number of rotatable bonds is 4. The van der Waals surface area contributed by atoms with Crippen molar-refractivity contribution in [3.8, 4) is 0 Å². The molecule has 4 aromatic carbocycles. The minimum Gasteiger partial charge on any atom is -0.378 e. The zero-order chi connectivity index (χ0) is 23.9. The van der Waals surface area contributed by atoms with E-state index in [0.717, 1.165) is 17.7 Å². The van der Waals surface area contributed by atoms with Gasteiger partial charge in [0.2, 0.25) is 0 Å². The van der Waals surface area contributed by atoms with E-state index in [9.17, 15) is 14.9 Å². The second kappa shape index (κ2) is 8.40. The lowest BCUT2D eigenvalue weighted by Crippen LogP contribution is -2.29. The van der Waals surface area contributed by atoms with Gasteiger partial charge in [0.15, 0.2) is 0 Å². The molecule has 35 heavy (non-hydrogen) atoms. The van der Waals surface area contributed by atoms with Crippen molar-refractivity contribution >= 4 is 33.7 Å². The number of nitrogens with zero attached hydrogens (tertiary/aromatic N) is 1. The average Bonchev–Trinajstić information content (AvgIpc) is 3.38. The van der Waals surface area contributed by atoms with Crippen LogP contribution in [0.25, 0.3) is 10.8 Å². The molecule has 1 heterocycles. The number of hydrogen-bond donors (Lipinski definition) is 2. The van der Waals surface area contributed by atoms with Crippen LogP contribution >= 0.6 is 0 Å². The number of nitro benzene ring substituents is 1. The number of allylic oxidation sites excluding steroid dienone is 2. The first kappa shape index (κ1) is 21.1. The fourth-order valence-electron chi connectivity index (χ4n) is 5.48. The number of nitro groups is 1. The summed E-state index contributed by atoms with van der Waals surface area (Å²) in [7, 11) is 0. The van der Waals surface area contributed by atoms with Crippen molar-refractivity contribution in [3.63, 3.8) is 0 Å². The van der Waals surface area contributed by atoms with Crippen LogP contribution in [0.5, 0.6) is 0 Å². The fraction of sp³-hybridized carbons (Fsp3) is 0.138. The molecule has 0 spiro atoms. The lowest BCUT2D eigenvalue weighted by molar-refractivity contribution is -0.384. The first-order valence-corrected chi connectivity index (χ1v) is 11.7. The van der Waals surface area contributed by atoms with Gasteiger partial charge in [0, 0.05) is 35.0 Å². The third-order valence-corrected chi connectivity index (χ3v) is 7.08. The average molecular weight is 462 g/mol. The fourth-order valence-corrected chi connectivity index (χ4v) is 5.48. The SMILES string of the molecule is O=C(Nc1cccc([C@@H]2Nc3ccc4ccccc4c3[C@@H]3C=CC[C@H]32)c1)c1cccc([N+](=O)[O-])c1. The Morgan fingerprint density at radius 1 is 0.971 bits per heavy atom. The summed E-state index contributed by atoms with van der Waals surface area (Å²) in [5, 5.41) is 20.3. The molecule has 0 saturated carbocycles. The molecule has 2 N–H and O–H groups in total. The van der Waals surface area contributed by atoms with Crippen LogP contribution < -0.4 is 10.6 Å². The third kappa shape index (κ3) is 3.73. The molecule has 0 radical (unpaired) electrons. The molecule has 0 aromatic heterocycles. The van der Waals surface area contributed by atoms with E-state index in [0.29, 0.717) is 17.5 Å². The molecule has 172 valence electrons. The highest BCUT2D eigenvalue weighted by atomic mass is 16.6. The van der Waals surface area contributed by atoms with Gasteiger partial charge in [-0.3, -0.25) is 14.9 Å². The van der Waals surface area contributed by atoms with Crippen LogP contribution in [0.4, 0.5) is 17.1 Å². The van der Waals surface area contributed by atoms with Crippen LogP contribution in [-0.2, 0) is 0 Å². The van der Waals surface area contributed by atoms with Crippen molar-refractivity contribution < 1.29 is 9.72 Å². The third-order valence-electron chi connectivity index (χ3n) is 7.08. The van der Waals surface area contributed by atoms with Crippen LogP contribution in [0, 0.1) is 16.0 Å². The van der Waals surface area contributed by atoms with Crippen LogP contribution in [0.2, 0.25) is 0 Å². The van der Waals surface area contributed by atoms with Gasteiger partial charge in [0.1, 0.15) is 0 Å². The number of fused-ring (bicyclic) bond motifs is 5. The zero-order valence-corrected chi connectivity index (χ0v) is 18.8. The molecule has 0 unspecified atom stereocenters. The Bertz CT molecular complexity index is 1510. The Morgan fingerprint density at radius 3 is 2.71 bits per heavy atom. The quantitative estimate of drug-likeness (QED) is 0.198. The summed E-state index contributed by atoms with van der Waals surface area (Å²) >= 11 is 0. The number of hydrogen-bond acceptors (Lipinski definition) is 4. The number of anilines is 2. The molecule has 0 saturated heterocycles. The Hall–Kier alpha value is -4.45. The maximum atomic E-state index is 12.8. The van der Waals surface area contributed by atoms with Crippen molar-refractivity contribution in [2.45, 2.75) is 18.4 Å². The summed E-state index contributed by atoms with van der Waals surface area (Å²) in [6, 6.07) is 26.6. The summed E-state index contributed by atoms with van der Waals surface area (Å²) < 4.78 is 0. The van der Waals surface area contributed by atoms with Gasteiger partial charge in [-0.15, -0.1) is 0 Å². The van der Waals surface area contributed by atoms with Gasteiger partial charge in [-0.05, 0) is 58.5 Å². The van der Waals surface area contributed by atoms with E-state index in [4.69, 9.17) is 0 Å². The molecule has 2 aliphatic rings. The molecular weight excluding hydrogens is 438 g/mol. The molecule has 4 aromatic rings. The Kier molecular flexibility index (Phi) is 5.07. The normalized spacial score (nSPS) is 20.1. The number of nitrogens with one attached hydrogen (secondary N) is 2. The van der Waals surface area contributed by atoms with E-state index in [-0.39, 0.29) is 23.2 Å². The first-order valence-electron chi connectivity index (χ1n) is 11.7. The highest BCUT2D eigenvalue weighted by molar-refractivity contribution is 6.04. The number of benzene rings is 4. The molecule has 1 aliphatic carbocycles. The number of carbonyl (C=O) groups excluding carboxylic acids is 1. The topological polar surface area (TPSA) is 84.3 Å². The standard InChI is InChI=1S/C29H23N3O3/c33-29(20-8-4-10-22(17-20)32(34)35)30-21-9-3-7-19(16-21)28-25-13-5-12-24(25)27-23-11-2-1-6-18(23)14-15-26(27)31-28/h1-12,14-17,24-25,28,31H,13H2,(H,30,33)/t24-,25-,28+/m1/s1. The lowest BCUT2D eigenvalue weighted by Gasteiger charge is -2.38. The van der Waals surface area contributed by atoms with E-state index in [1.807, 2.05) is 18.2 Å². The molecule has 1 amide bonds. The number of carbonyl (C=O) groups is 1. The Balaban J connectivity index is 1.31. The molecule has 0 bridgehead atoms. The molecule has 3 atom stereocenters. The van der Waals surface area contributed by atoms with Crippen LogP contribution in [-0.4, -0.2) is 10.8 Å². The summed E-state index contributed by atoms with van der Waals surface area (Å²) in [6.07, 6.45) is 5.59. The monoisotopic (exact) mass is 461 g/mol. The van der Waals surface area contributed by atoms with Crippen LogP contribution in [0.3, 0.4) is 0 Å². The zero-order valence-electron chi connectivity index (χ0n) is 18.8. The molecular formula is C29H23N3O3. The largest absolute Gasteiger partial charge is 0.378 e. The van der Waals surface area contributed by atoms with Gasteiger partial charge in [-0.2, -0.15) is 0 Å². The van der Waals surface area contributed by atoms with Gasteiger partial charge in [-0.1, -0.05) is 60.7 Å². The summed E-state index contributed by atoms with van der Waals surface area (Å²) in [5.41, 5.74) is 4.40. The van der Waals surface area contributed by atoms with E-state index < -0.39 is 4.92 Å². The number of non-ortho nitro benzene ring substituents is 1.